The predicted octanol–water partition coefficient (Wildman–Crippen LogP) is 4.34. The Balaban J connectivity index is 1.25. The zero-order chi connectivity index (χ0) is 26.2. The van der Waals surface area contributed by atoms with E-state index in [9.17, 15) is 9.90 Å². The standard InChI is InChI=1S/C28H33BrN6O2/c1-19(36)28(37)34-23-13-11-22(12-14-23)26-25(29)27(30)35(18-32-26)33-16-6-5-7-20-10-15-24(31-17-20)21-8-3-2-4-9-21/h2-6,8-10,15-17,19,22-23,30,32,36H,7,11-14,18H2,1H3,(H,34,37)/b6-5+,30-27?,33-16-/t19-,22?,23?/m1/s1. The van der Waals surface area contributed by atoms with Gasteiger partial charge in [-0.05, 0) is 72.7 Å². The number of nitrogens with one attached hydrogen (secondary N) is 3. The van der Waals surface area contributed by atoms with Gasteiger partial charge in [-0.1, -0.05) is 42.5 Å². The lowest BCUT2D eigenvalue weighted by molar-refractivity contribution is -0.129. The van der Waals surface area contributed by atoms with Crippen molar-refractivity contribution in [2.45, 2.75) is 51.2 Å². The van der Waals surface area contributed by atoms with Gasteiger partial charge < -0.3 is 15.7 Å². The molecule has 1 aliphatic carbocycles. The van der Waals surface area contributed by atoms with Gasteiger partial charge in [0.05, 0.1) is 10.2 Å². The van der Waals surface area contributed by atoms with E-state index in [1.54, 1.807) is 11.2 Å². The number of nitrogens with zero attached hydrogens (tertiary/aromatic N) is 3. The molecule has 4 N–H and O–H groups in total. The average Bonchev–Trinajstić information content (AvgIpc) is 2.92. The van der Waals surface area contributed by atoms with Crippen LogP contribution in [0.25, 0.3) is 11.3 Å². The normalized spacial score (nSPS) is 21.4. The Hall–Kier alpha value is -3.30. The summed E-state index contributed by atoms with van der Waals surface area (Å²) in [6, 6.07) is 14.3. The summed E-state index contributed by atoms with van der Waals surface area (Å²) in [6.07, 6.45) is 10.8. The molecule has 1 amide bonds. The highest BCUT2D eigenvalue weighted by Gasteiger charge is 2.31. The first-order valence-corrected chi connectivity index (χ1v) is 13.4. The molecule has 0 unspecified atom stereocenters. The number of hydrogen-bond acceptors (Lipinski definition) is 6. The van der Waals surface area contributed by atoms with Crippen molar-refractivity contribution in [1.82, 2.24) is 20.6 Å². The summed E-state index contributed by atoms with van der Waals surface area (Å²) >= 11 is 3.60. The number of aliphatic hydroxyl groups excluding tert-OH is 1. The van der Waals surface area contributed by atoms with Gasteiger partial charge in [-0.2, -0.15) is 5.10 Å². The second kappa shape index (κ2) is 12.8. The lowest BCUT2D eigenvalue weighted by atomic mass is 9.83. The van der Waals surface area contributed by atoms with Gasteiger partial charge in [0, 0.05) is 35.6 Å². The van der Waals surface area contributed by atoms with E-state index in [1.807, 2.05) is 54.7 Å². The number of carbonyl (C=O) groups is 1. The molecular weight excluding hydrogens is 532 g/mol. The van der Waals surface area contributed by atoms with E-state index in [4.69, 9.17) is 5.41 Å². The molecule has 1 saturated carbocycles. The lowest BCUT2D eigenvalue weighted by Crippen LogP contribution is -2.45. The largest absolute Gasteiger partial charge is 0.384 e. The minimum Gasteiger partial charge on any atom is -0.384 e. The molecule has 1 fully saturated rings. The van der Waals surface area contributed by atoms with Gasteiger partial charge >= 0.3 is 0 Å². The van der Waals surface area contributed by atoms with E-state index in [0.29, 0.717) is 18.4 Å². The minimum absolute atomic E-state index is 0.0891. The lowest BCUT2D eigenvalue weighted by Gasteiger charge is -2.35. The zero-order valence-electron chi connectivity index (χ0n) is 20.9. The van der Waals surface area contributed by atoms with E-state index in [1.165, 1.54) is 6.92 Å². The van der Waals surface area contributed by atoms with Gasteiger partial charge in [0.15, 0.2) is 5.84 Å². The molecule has 37 heavy (non-hydrogen) atoms. The van der Waals surface area contributed by atoms with Gasteiger partial charge in [0.25, 0.3) is 0 Å². The average molecular weight is 566 g/mol. The van der Waals surface area contributed by atoms with Gasteiger partial charge in [-0.15, -0.1) is 0 Å². The van der Waals surface area contributed by atoms with Crippen LogP contribution in [0, 0.1) is 11.3 Å². The highest BCUT2D eigenvalue weighted by Crippen LogP contribution is 2.34. The number of halogens is 1. The Morgan fingerprint density at radius 1 is 1.27 bits per heavy atom. The molecule has 1 aliphatic heterocycles. The van der Waals surface area contributed by atoms with E-state index in [0.717, 1.165) is 59.1 Å². The van der Waals surface area contributed by atoms with Crippen LogP contribution in [0.1, 0.15) is 38.2 Å². The number of rotatable bonds is 8. The van der Waals surface area contributed by atoms with Crippen LogP contribution < -0.4 is 10.6 Å². The number of aromatic nitrogens is 1. The van der Waals surface area contributed by atoms with E-state index in [-0.39, 0.29) is 11.9 Å². The van der Waals surface area contributed by atoms with Gasteiger partial charge in [0.1, 0.15) is 12.8 Å². The molecule has 194 valence electrons. The SMILES string of the molecule is C[C@@H](O)C(=O)NC1CCC(C2=C(Br)C(=N)N(/N=C\C=C\Cc3ccc(-c4ccccc4)nc3)CN2)CC1. The smallest absolute Gasteiger partial charge is 0.248 e. The molecule has 8 nitrogen and oxygen atoms in total. The number of allylic oxidation sites excluding steroid dienone is 3. The molecule has 1 atom stereocenters. The van der Waals surface area contributed by atoms with Crippen molar-refractivity contribution in [2.75, 3.05) is 6.67 Å². The molecule has 1 aromatic carbocycles. The van der Waals surface area contributed by atoms with Crippen LogP contribution in [-0.2, 0) is 11.2 Å². The maximum atomic E-state index is 11.7. The van der Waals surface area contributed by atoms with E-state index in [2.05, 4.69) is 42.7 Å². The van der Waals surface area contributed by atoms with Crippen LogP contribution in [0.4, 0.5) is 0 Å². The summed E-state index contributed by atoms with van der Waals surface area (Å²) in [6.45, 7) is 1.91. The molecule has 2 aliphatic rings. The summed E-state index contributed by atoms with van der Waals surface area (Å²) in [7, 11) is 0. The Labute approximate surface area is 226 Å². The quantitative estimate of drug-likeness (QED) is 0.356. The highest BCUT2D eigenvalue weighted by molar-refractivity contribution is 9.12. The molecular formula is C28H33BrN6O2. The van der Waals surface area contributed by atoms with Crippen molar-refractivity contribution in [3.63, 3.8) is 0 Å². The van der Waals surface area contributed by atoms with Crippen LogP contribution in [0.2, 0.25) is 0 Å². The fraction of sp³-hybridized carbons (Fsp3) is 0.357. The Morgan fingerprint density at radius 3 is 2.70 bits per heavy atom. The number of amidine groups is 1. The van der Waals surface area contributed by atoms with E-state index >= 15 is 0 Å². The molecule has 0 spiro atoms. The van der Waals surface area contributed by atoms with Crippen LogP contribution >= 0.6 is 15.9 Å². The summed E-state index contributed by atoms with van der Waals surface area (Å²) < 4.78 is 0.723. The molecule has 2 aromatic rings. The maximum Gasteiger partial charge on any atom is 0.248 e. The third-order valence-electron chi connectivity index (χ3n) is 6.66. The Kier molecular flexibility index (Phi) is 9.24. The van der Waals surface area contributed by atoms with Crippen molar-refractivity contribution >= 4 is 33.9 Å². The zero-order valence-corrected chi connectivity index (χ0v) is 22.5. The number of aliphatic hydroxyl groups is 1. The number of hydrogen-bond donors (Lipinski definition) is 4. The van der Waals surface area contributed by atoms with Crippen molar-refractivity contribution in [2.24, 2.45) is 11.0 Å². The first-order chi connectivity index (χ1) is 17.9. The molecule has 0 saturated heterocycles. The molecule has 4 rings (SSSR count). The molecule has 0 radical (unpaired) electrons. The van der Waals surface area contributed by atoms with Crippen LogP contribution in [0.15, 0.2) is 76.1 Å². The predicted molar refractivity (Wildman–Crippen MR) is 150 cm³/mol. The number of hydrazone groups is 1. The Bertz CT molecular complexity index is 1170. The van der Waals surface area contributed by atoms with Crippen molar-refractivity contribution in [3.05, 3.63) is 76.6 Å². The number of carbonyl (C=O) groups excluding carboxylic acids is 1. The fourth-order valence-corrected chi connectivity index (χ4v) is 5.21. The van der Waals surface area contributed by atoms with E-state index < -0.39 is 6.10 Å². The number of benzene rings is 1. The van der Waals surface area contributed by atoms with Gasteiger partial charge in [-0.25, -0.2) is 5.01 Å². The second-order valence-electron chi connectivity index (χ2n) is 9.36. The third kappa shape index (κ3) is 7.14. The van der Waals surface area contributed by atoms with Crippen molar-refractivity contribution < 1.29 is 9.90 Å². The molecule has 9 heteroatoms. The maximum absolute atomic E-state index is 11.7. The highest BCUT2D eigenvalue weighted by atomic mass is 79.9. The first kappa shape index (κ1) is 26.8. The monoisotopic (exact) mass is 564 g/mol. The molecule has 1 aromatic heterocycles. The second-order valence-corrected chi connectivity index (χ2v) is 10.2. The fourth-order valence-electron chi connectivity index (χ4n) is 4.54. The van der Waals surface area contributed by atoms with Gasteiger partial charge in [0.2, 0.25) is 5.91 Å². The van der Waals surface area contributed by atoms with Crippen LogP contribution in [-0.4, -0.2) is 51.9 Å². The number of amides is 1. The topological polar surface area (TPSA) is 114 Å². The van der Waals surface area contributed by atoms with Gasteiger partial charge in [-0.3, -0.25) is 15.2 Å². The summed E-state index contributed by atoms with van der Waals surface area (Å²) in [5.41, 5.74) is 4.21. The third-order valence-corrected chi connectivity index (χ3v) is 7.46. The summed E-state index contributed by atoms with van der Waals surface area (Å²) in [5.74, 6) is 0.299. The minimum atomic E-state index is -0.986. The first-order valence-electron chi connectivity index (χ1n) is 12.6. The number of pyridine rings is 1. The Morgan fingerprint density at radius 2 is 2.03 bits per heavy atom. The molecule has 0 bridgehead atoms. The summed E-state index contributed by atoms with van der Waals surface area (Å²) in [5, 5.41) is 30.3. The van der Waals surface area contributed by atoms with Crippen LogP contribution in [0.5, 0.6) is 0 Å². The molecule has 2 heterocycles. The summed E-state index contributed by atoms with van der Waals surface area (Å²) in [4.78, 5) is 16.3. The van der Waals surface area contributed by atoms with Crippen LogP contribution in [0.3, 0.4) is 0 Å². The van der Waals surface area contributed by atoms with Crippen molar-refractivity contribution in [1.29, 1.82) is 5.41 Å². The van der Waals surface area contributed by atoms with Crippen molar-refractivity contribution in [3.8, 4) is 11.3 Å².